The Morgan fingerprint density at radius 1 is 0.796 bits per heavy atom. The first-order valence-corrected chi connectivity index (χ1v) is 18.8. The quantitative estimate of drug-likeness (QED) is 0.165. The van der Waals surface area contributed by atoms with Crippen molar-refractivity contribution in [3.8, 4) is 17.1 Å². The van der Waals surface area contributed by atoms with Gasteiger partial charge in [-0.3, -0.25) is 9.98 Å². The topological polar surface area (TPSA) is 55.5 Å². The van der Waals surface area contributed by atoms with Crippen LogP contribution >= 0.6 is 0 Å². The van der Waals surface area contributed by atoms with Crippen molar-refractivity contribution in [3.63, 3.8) is 0 Å². The molecule has 2 atom stereocenters. The first kappa shape index (κ1) is 34.7. The maximum absolute atomic E-state index is 6.53. The number of aromatic nitrogens is 3. The largest absolute Gasteiger partial charge is 2.00 e. The van der Waals surface area contributed by atoms with E-state index in [9.17, 15) is 0 Å². The molecule has 1 fully saturated rings. The summed E-state index contributed by atoms with van der Waals surface area (Å²) in [5.74, 6) is 1.56. The van der Waals surface area contributed by atoms with Gasteiger partial charge in [0.05, 0.1) is 11.7 Å². The molecule has 2 aliphatic heterocycles. The van der Waals surface area contributed by atoms with E-state index in [1.54, 1.807) is 0 Å². The fraction of sp³-hybridized carbons (Fsp3) is 0.255. The first-order chi connectivity index (χ1) is 25.6. The molecule has 270 valence electrons. The Bertz CT molecular complexity index is 2620. The standard InChI is InChI=1S/C47H41N5O.Pt/c1-46(2,3)31-20-22-49-44(26-31)52-39-17-8-6-13-33(39)34-27-36-42(28-41(34)52)51(40-18-9-7-14-35(40)47(36,4)5)32-24-29(37-15-10-11-21-48-37)23-30(25-32)45-50-38-16-12-19-43(38)53-45;/h6-11,13-15,17-18,20-24,26-27,38,43H,12,16,19H2,1-5H3;/q-2;+2/t38-,43+;/m1./s1. The van der Waals surface area contributed by atoms with Crippen LogP contribution < -0.4 is 4.90 Å². The molecule has 1 aliphatic carbocycles. The van der Waals surface area contributed by atoms with Gasteiger partial charge in [0, 0.05) is 23.6 Å². The molecule has 7 heteroatoms. The Morgan fingerprint density at radius 3 is 2.43 bits per heavy atom. The molecule has 0 amide bonds. The first-order valence-electron chi connectivity index (χ1n) is 18.8. The van der Waals surface area contributed by atoms with Crippen molar-refractivity contribution in [3.05, 3.63) is 144 Å². The van der Waals surface area contributed by atoms with Crippen molar-refractivity contribution in [2.75, 3.05) is 4.90 Å². The van der Waals surface area contributed by atoms with Crippen LogP contribution in [0.3, 0.4) is 0 Å². The molecular weight excluding hydrogens is 846 g/mol. The van der Waals surface area contributed by atoms with E-state index < -0.39 is 0 Å². The minimum absolute atomic E-state index is 0. The smallest absolute Gasteiger partial charge is 0.515 e. The van der Waals surface area contributed by atoms with Gasteiger partial charge in [-0.15, -0.1) is 35.2 Å². The molecule has 0 N–H and O–H groups in total. The summed E-state index contributed by atoms with van der Waals surface area (Å²) in [7, 11) is 0. The van der Waals surface area contributed by atoms with Crippen LogP contribution in [0.1, 0.15) is 76.1 Å². The third-order valence-corrected chi connectivity index (χ3v) is 11.5. The molecule has 10 rings (SSSR count). The van der Waals surface area contributed by atoms with E-state index in [2.05, 4.69) is 141 Å². The third kappa shape index (κ3) is 5.44. The predicted molar refractivity (Wildman–Crippen MR) is 214 cm³/mol. The second kappa shape index (κ2) is 12.8. The van der Waals surface area contributed by atoms with Crippen LogP contribution in [0.5, 0.6) is 0 Å². The second-order valence-electron chi connectivity index (χ2n) is 16.2. The zero-order chi connectivity index (χ0) is 36.1. The summed E-state index contributed by atoms with van der Waals surface area (Å²) in [5.41, 5.74) is 11.1. The van der Waals surface area contributed by atoms with Gasteiger partial charge in [-0.2, -0.15) is 6.07 Å². The van der Waals surface area contributed by atoms with E-state index in [-0.39, 0.29) is 44.0 Å². The average Bonchev–Trinajstić information content (AvgIpc) is 3.87. The van der Waals surface area contributed by atoms with Crippen LogP contribution in [-0.2, 0) is 36.6 Å². The van der Waals surface area contributed by atoms with E-state index in [0.717, 1.165) is 75.4 Å². The summed E-state index contributed by atoms with van der Waals surface area (Å²) in [5, 5.41) is 2.33. The summed E-state index contributed by atoms with van der Waals surface area (Å²) < 4.78 is 8.81. The third-order valence-electron chi connectivity index (χ3n) is 11.5. The number of pyridine rings is 2. The molecule has 0 spiro atoms. The number of hydrogen-bond acceptors (Lipinski definition) is 5. The molecule has 0 unspecified atom stereocenters. The molecule has 54 heavy (non-hydrogen) atoms. The van der Waals surface area contributed by atoms with E-state index in [1.807, 2.05) is 24.5 Å². The van der Waals surface area contributed by atoms with E-state index in [1.165, 1.54) is 22.1 Å². The maximum Gasteiger partial charge on any atom is 2.00 e. The Balaban J connectivity index is 0.00000384. The van der Waals surface area contributed by atoms with Gasteiger partial charge in [0.2, 0.25) is 0 Å². The average molecular weight is 887 g/mol. The number of nitrogens with zero attached hydrogens (tertiary/aromatic N) is 5. The molecule has 0 saturated heterocycles. The summed E-state index contributed by atoms with van der Waals surface area (Å²) in [6.45, 7) is 11.4. The monoisotopic (exact) mass is 886 g/mol. The van der Waals surface area contributed by atoms with Gasteiger partial charge in [0.15, 0.2) is 0 Å². The van der Waals surface area contributed by atoms with Crippen molar-refractivity contribution < 1.29 is 25.8 Å². The molecule has 0 radical (unpaired) electrons. The molecule has 3 aromatic heterocycles. The number of ether oxygens (including phenoxy) is 1. The molecule has 3 aliphatic rings. The Labute approximate surface area is 331 Å². The van der Waals surface area contributed by atoms with Gasteiger partial charge in [-0.25, -0.2) is 4.98 Å². The van der Waals surface area contributed by atoms with Crippen LogP contribution in [0.25, 0.3) is 38.9 Å². The van der Waals surface area contributed by atoms with Crippen LogP contribution in [-0.4, -0.2) is 32.6 Å². The number of rotatable bonds is 4. The van der Waals surface area contributed by atoms with Gasteiger partial charge in [-0.1, -0.05) is 99.4 Å². The van der Waals surface area contributed by atoms with Gasteiger partial charge < -0.3 is 14.2 Å². The fourth-order valence-electron chi connectivity index (χ4n) is 8.66. The molecular formula is C47H41N5OPt. The number of fused-ring (bicyclic) bond motifs is 6. The van der Waals surface area contributed by atoms with E-state index in [0.29, 0.717) is 5.90 Å². The van der Waals surface area contributed by atoms with Crippen molar-refractivity contribution in [2.24, 2.45) is 4.99 Å². The number of para-hydroxylation sites is 2. The number of benzene rings is 4. The fourth-order valence-corrected chi connectivity index (χ4v) is 8.66. The molecule has 7 aromatic rings. The van der Waals surface area contributed by atoms with Gasteiger partial charge in [0.25, 0.3) is 0 Å². The zero-order valence-corrected chi connectivity index (χ0v) is 33.4. The van der Waals surface area contributed by atoms with Crippen molar-refractivity contribution >= 4 is 44.8 Å². The number of aliphatic imine (C=N–C) groups is 1. The van der Waals surface area contributed by atoms with Crippen molar-refractivity contribution in [1.29, 1.82) is 0 Å². The Kier molecular flexibility index (Phi) is 8.20. The minimum atomic E-state index is -0.307. The second-order valence-corrected chi connectivity index (χ2v) is 16.2. The summed E-state index contributed by atoms with van der Waals surface area (Å²) in [4.78, 5) is 17.2. The number of hydrogen-bond donors (Lipinski definition) is 0. The van der Waals surface area contributed by atoms with E-state index >= 15 is 0 Å². The van der Waals surface area contributed by atoms with Gasteiger partial charge in [-0.05, 0) is 88.7 Å². The summed E-state index contributed by atoms with van der Waals surface area (Å²) >= 11 is 0. The predicted octanol–water partition coefficient (Wildman–Crippen LogP) is 10.9. The van der Waals surface area contributed by atoms with Crippen molar-refractivity contribution in [1.82, 2.24) is 14.5 Å². The molecule has 4 aromatic carbocycles. The summed E-state index contributed by atoms with van der Waals surface area (Å²) in [6, 6.07) is 42.6. The van der Waals surface area contributed by atoms with Crippen LogP contribution in [0, 0.1) is 12.1 Å². The van der Waals surface area contributed by atoms with Crippen LogP contribution in [0.15, 0.2) is 114 Å². The summed E-state index contributed by atoms with van der Waals surface area (Å²) in [6.07, 6.45) is 7.19. The normalized spacial score (nSPS) is 18.5. The van der Waals surface area contributed by atoms with Crippen LogP contribution in [0.4, 0.5) is 17.1 Å². The van der Waals surface area contributed by atoms with Gasteiger partial charge >= 0.3 is 21.1 Å². The Hall–Kier alpha value is -5.06. The molecule has 6 nitrogen and oxygen atoms in total. The van der Waals surface area contributed by atoms with Crippen LogP contribution in [0.2, 0.25) is 0 Å². The zero-order valence-electron chi connectivity index (χ0n) is 31.1. The van der Waals surface area contributed by atoms with E-state index in [4.69, 9.17) is 19.7 Å². The van der Waals surface area contributed by atoms with Gasteiger partial charge in [0.1, 0.15) is 17.8 Å². The molecule has 0 bridgehead atoms. The molecule has 5 heterocycles. The maximum atomic E-state index is 6.53. The van der Waals surface area contributed by atoms with Crippen molar-refractivity contribution in [2.45, 2.75) is 76.9 Å². The minimum Gasteiger partial charge on any atom is -0.515 e. The number of anilines is 3. The molecule has 1 saturated carbocycles. The Morgan fingerprint density at radius 2 is 1.61 bits per heavy atom. The SMILES string of the molecule is CC(C)(C)c1ccnc(-n2c3[c-]c4c(cc3c3ccccc32)C(C)(C)c2ccccc2N4c2[c-]c(C3=N[C@@H]4CCC[C@@H]4O3)cc(-c3ccccn3)c2)c1.[Pt+2].